The van der Waals surface area contributed by atoms with Crippen molar-refractivity contribution in [2.24, 2.45) is 0 Å². The molecule has 1 aliphatic heterocycles. The Hall–Kier alpha value is -0.840. The molecule has 0 saturated carbocycles. The van der Waals surface area contributed by atoms with Crippen LogP contribution in [0.3, 0.4) is 0 Å². The number of ketones is 1. The van der Waals surface area contributed by atoms with E-state index < -0.39 is 0 Å². The molecule has 1 heterocycles. The van der Waals surface area contributed by atoms with Gasteiger partial charge < -0.3 is 9.53 Å². The molecule has 0 aliphatic carbocycles. The zero-order valence-electron chi connectivity index (χ0n) is 14.0. The zero-order valence-corrected chi connectivity index (χ0v) is 14.8. The quantitative estimate of drug-likeness (QED) is 0.776. The molecule has 0 unspecified atom stereocenters. The van der Waals surface area contributed by atoms with Gasteiger partial charge in [-0.15, -0.1) is 0 Å². The molecule has 0 amide bonds. The molecule has 0 atom stereocenters. The van der Waals surface area contributed by atoms with Crippen molar-refractivity contribution in [3.63, 3.8) is 0 Å². The lowest BCUT2D eigenvalue weighted by atomic mass is 10.2. The number of carbonyl (C=O) groups excluding carboxylic acids is 1. The number of aryl methyl sites for hydroxylation is 1. The van der Waals surface area contributed by atoms with Crippen molar-refractivity contribution in [2.75, 3.05) is 26.3 Å². The van der Waals surface area contributed by atoms with Gasteiger partial charge in [0.1, 0.15) is 5.78 Å². The number of benzene rings is 1. The number of carbonyl (C=O) groups is 1. The van der Waals surface area contributed by atoms with Crippen LogP contribution in [0.4, 0.5) is 0 Å². The van der Waals surface area contributed by atoms with E-state index in [1.807, 2.05) is 32.7 Å². The van der Waals surface area contributed by atoms with Crippen LogP contribution in [-0.2, 0) is 9.53 Å². The molecule has 1 aromatic rings. The molecule has 3 nitrogen and oxygen atoms in total. The summed E-state index contributed by atoms with van der Waals surface area (Å²) in [4.78, 5) is 11.1. The normalized spacial score (nSPS) is 14.3. The monoisotopic (exact) mass is 311 g/mol. The summed E-state index contributed by atoms with van der Waals surface area (Å²) in [6.07, 6.45) is 0.667. The van der Waals surface area contributed by atoms with Gasteiger partial charge in [-0.05, 0) is 37.9 Å². The van der Waals surface area contributed by atoms with Crippen LogP contribution in [0, 0.1) is 6.92 Å². The molecule has 1 saturated heterocycles. The standard InChI is InChI=1S/C11H15NOS.C4H8O.C2H6/c1-10-2-4-11(5-3-10)14-12-6-8-13-9-7-12;1-3-4(2)5;1-2/h2-5H,6-9H2,1H3;3H2,1-2H3;1-2H3. The molecular formula is C17H29NO2S. The van der Waals surface area contributed by atoms with Gasteiger partial charge in [0.05, 0.1) is 13.2 Å². The number of ether oxygens (including phenoxy) is 1. The third kappa shape index (κ3) is 10.5. The minimum absolute atomic E-state index is 0.255. The number of nitrogens with zero attached hydrogens (tertiary/aromatic N) is 1. The van der Waals surface area contributed by atoms with Crippen LogP contribution < -0.4 is 0 Å². The first-order valence-corrected chi connectivity index (χ1v) is 8.46. The fraction of sp³-hybridized carbons (Fsp3) is 0.588. The van der Waals surface area contributed by atoms with Gasteiger partial charge in [0.2, 0.25) is 0 Å². The Balaban J connectivity index is 0.000000489. The molecule has 4 heteroatoms. The third-order valence-corrected chi connectivity index (χ3v) is 3.83. The van der Waals surface area contributed by atoms with Crippen LogP contribution in [0.15, 0.2) is 29.2 Å². The molecule has 21 heavy (non-hydrogen) atoms. The number of morpholine rings is 1. The van der Waals surface area contributed by atoms with Crippen LogP contribution in [0.5, 0.6) is 0 Å². The summed E-state index contributed by atoms with van der Waals surface area (Å²) in [6, 6.07) is 8.66. The van der Waals surface area contributed by atoms with Gasteiger partial charge in [-0.3, -0.25) is 0 Å². The molecule has 0 bridgehead atoms. The molecule has 0 aromatic heterocycles. The fourth-order valence-electron chi connectivity index (χ4n) is 1.39. The van der Waals surface area contributed by atoms with Crippen molar-refractivity contribution in [3.05, 3.63) is 29.8 Å². The van der Waals surface area contributed by atoms with Crippen LogP contribution in [0.2, 0.25) is 0 Å². The molecule has 2 rings (SSSR count). The van der Waals surface area contributed by atoms with Crippen LogP contribution in [0.25, 0.3) is 0 Å². The zero-order chi connectivity index (χ0) is 16.1. The van der Waals surface area contributed by atoms with E-state index in [2.05, 4.69) is 35.5 Å². The Morgan fingerprint density at radius 1 is 1.19 bits per heavy atom. The van der Waals surface area contributed by atoms with Gasteiger partial charge in [-0.25, -0.2) is 4.31 Å². The van der Waals surface area contributed by atoms with Crippen molar-refractivity contribution in [1.29, 1.82) is 0 Å². The second kappa shape index (κ2) is 12.9. The Morgan fingerprint density at radius 2 is 1.67 bits per heavy atom. The highest BCUT2D eigenvalue weighted by atomic mass is 32.2. The number of rotatable bonds is 3. The summed E-state index contributed by atoms with van der Waals surface area (Å²) < 4.78 is 7.66. The lowest BCUT2D eigenvalue weighted by Gasteiger charge is -2.25. The van der Waals surface area contributed by atoms with Crippen LogP contribution >= 0.6 is 11.9 Å². The maximum Gasteiger partial charge on any atom is 0.129 e. The SMILES string of the molecule is CC.CCC(C)=O.Cc1ccc(SN2CCOCC2)cc1. The molecule has 0 spiro atoms. The third-order valence-electron chi connectivity index (χ3n) is 2.72. The fourth-order valence-corrected chi connectivity index (χ4v) is 2.27. The van der Waals surface area contributed by atoms with Gasteiger partial charge in [0.15, 0.2) is 0 Å². The van der Waals surface area contributed by atoms with Gasteiger partial charge in [-0.2, -0.15) is 0 Å². The van der Waals surface area contributed by atoms with E-state index in [4.69, 9.17) is 4.74 Å². The van der Waals surface area contributed by atoms with E-state index in [1.165, 1.54) is 10.5 Å². The van der Waals surface area contributed by atoms with E-state index in [-0.39, 0.29) is 5.78 Å². The van der Waals surface area contributed by atoms with Crippen molar-refractivity contribution >= 4 is 17.7 Å². The molecule has 0 radical (unpaired) electrons. The maximum atomic E-state index is 9.81. The van der Waals surface area contributed by atoms with Gasteiger partial charge >= 0.3 is 0 Å². The highest BCUT2D eigenvalue weighted by Crippen LogP contribution is 2.23. The first kappa shape index (κ1) is 20.2. The second-order valence-corrected chi connectivity index (χ2v) is 5.67. The average Bonchev–Trinajstić information content (AvgIpc) is 2.53. The largest absolute Gasteiger partial charge is 0.379 e. The van der Waals surface area contributed by atoms with E-state index in [0.29, 0.717) is 6.42 Å². The molecule has 120 valence electrons. The minimum Gasteiger partial charge on any atom is -0.379 e. The van der Waals surface area contributed by atoms with Crippen molar-refractivity contribution in [1.82, 2.24) is 4.31 Å². The molecule has 1 aromatic carbocycles. The molecular weight excluding hydrogens is 282 g/mol. The van der Waals surface area contributed by atoms with Gasteiger partial charge in [0.25, 0.3) is 0 Å². The highest BCUT2D eigenvalue weighted by molar-refractivity contribution is 7.97. The summed E-state index contributed by atoms with van der Waals surface area (Å²) in [7, 11) is 0. The van der Waals surface area contributed by atoms with Crippen LogP contribution in [0.1, 0.15) is 39.7 Å². The van der Waals surface area contributed by atoms with E-state index >= 15 is 0 Å². The molecule has 1 aliphatic rings. The highest BCUT2D eigenvalue weighted by Gasteiger charge is 2.10. The van der Waals surface area contributed by atoms with E-state index in [0.717, 1.165) is 26.3 Å². The Labute approximate surface area is 134 Å². The van der Waals surface area contributed by atoms with E-state index in [9.17, 15) is 4.79 Å². The number of hydrogen-bond acceptors (Lipinski definition) is 4. The van der Waals surface area contributed by atoms with Gasteiger partial charge in [-0.1, -0.05) is 38.5 Å². The summed E-state index contributed by atoms with van der Waals surface area (Å²) >= 11 is 1.83. The lowest BCUT2D eigenvalue weighted by Crippen LogP contribution is -2.30. The molecule has 0 N–H and O–H groups in total. The van der Waals surface area contributed by atoms with Crippen LogP contribution in [-0.4, -0.2) is 36.4 Å². The molecule has 1 fully saturated rings. The first-order chi connectivity index (χ1) is 10.1. The van der Waals surface area contributed by atoms with Crippen molar-refractivity contribution in [2.45, 2.75) is 45.9 Å². The number of hydrogen-bond donors (Lipinski definition) is 0. The van der Waals surface area contributed by atoms with Crippen molar-refractivity contribution in [3.8, 4) is 0 Å². The predicted octanol–water partition coefficient (Wildman–Crippen LogP) is 4.35. The predicted molar refractivity (Wildman–Crippen MR) is 91.7 cm³/mol. The Morgan fingerprint density at radius 3 is 2.10 bits per heavy atom. The topological polar surface area (TPSA) is 29.5 Å². The van der Waals surface area contributed by atoms with Gasteiger partial charge in [0, 0.05) is 24.4 Å². The summed E-state index contributed by atoms with van der Waals surface area (Å²) in [5, 5.41) is 0. The second-order valence-electron chi connectivity index (χ2n) is 4.50. The minimum atomic E-state index is 0.255. The maximum absolute atomic E-state index is 9.81. The number of Topliss-reactive ketones (excluding diaryl/α,β-unsaturated/α-hetero) is 1. The van der Waals surface area contributed by atoms with E-state index in [1.54, 1.807) is 6.92 Å². The Kier molecular flexibility index (Phi) is 12.4. The summed E-state index contributed by atoms with van der Waals surface area (Å²) in [6.45, 7) is 13.3. The summed E-state index contributed by atoms with van der Waals surface area (Å²) in [5.41, 5.74) is 1.32. The summed E-state index contributed by atoms with van der Waals surface area (Å²) in [5.74, 6) is 0.255. The average molecular weight is 311 g/mol. The first-order valence-electron chi connectivity index (χ1n) is 7.68. The Bertz CT molecular complexity index is 373. The smallest absolute Gasteiger partial charge is 0.129 e. The van der Waals surface area contributed by atoms with Crippen molar-refractivity contribution < 1.29 is 9.53 Å². The lowest BCUT2D eigenvalue weighted by molar-refractivity contribution is -0.116.